The van der Waals surface area contributed by atoms with E-state index in [-0.39, 0.29) is 30.8 Å². The van der Waals surface area contributed by atoms with Crippen LogP contribution in [0.1, 0.15) is 17.2 Å². The summed E-state index contributed by atoms with van der Waals surface area (Å²) in [7, 11) is 0. The molecule has 0 spiro atoms. The second-order valence-corrected chi connectivity index (χ2v) is 6.42. The van der Waals surface area contributed by atoms with E-state index in [1.807, 2.05) is 85.0 Å². The fourth-order valence-electron chi connectivity index (χ4n) is 3.29. The van der Waals surface area contributed by atoms with Crippen LogP contribution in [-0.4, -0.2) is 30.8 Å². The van der Waals surface area contributed by atoms with Crippen molar-refractivity contribution in [2.45, 2.75) is 24.4 Å². The van der Waals surface area contributed by atoms with Gasteiger partial charge in [-0.1, -0.05) is 85.0 Å². The van der Waals surface area contributed by atoms with Gasteiger partial charge >= 0.3 is 0 Å². The lowest BCUT2D eigenvalue weighted by Gasteiger charge is -2.35. The van der Waals surface area contributed by atoms with Crippen molar-refractivity contribution in [1.29, 1.82) is 0 Å². The first-order valence-corrected chi connectivity index (χ1v) is 8.83. The number of allylic oxidation sites excluding steroid dienone is 2. The molecule has 0 radical (unpaired) electrons. The highest BCUT2D eigenvalue weighted by molar-refractivity contribution is 5.82. The lowest BCUT2D eigenvalue weighted by Crippen LogP contribution is -2.50. The first-order valence-electron chi connectivity index (χ1n) is 8.83. The predicted octanol–water partition coefficient (Wildman–Crippen LogP) is 3.17. The van der Waals surface area contributed by atoms with Crippen molar-refractivity contribution in [3.63, 3.8) is 0 Å². The third-order valence-electron chi connectivity index (χ3n) is 4.64. The maximum Gasteiger partial charge on any atom is 0.252 e. The fraction of sp³-hybridized carbons (Fsp3) is 0.227. The number of amides is 1. The molecule has 4 rings (SSSR count). The highest BCUT2D eigenvalue weighted by Gasteiger charge is 2.34. The van der Waals surface area contributed by atoms with Gasteiger partial charge in [0, 0.05) is 0 Å². The van der Waals surface area contributed by atoms with Gasteiger partial charge in [0.25, 0.3) is 5.91 Å². The average molecular weight is 347 g/mol. The molecular formula is C22H21NO3. The normalized spacial score (nSPS) is 24.3. The van der Waals surface area contributed by atoms with E-state index in [0.29, 0.717) is 0 Å². The van der Waals surface area contributed by atoms with Crippen LogP contribution in [0.5, 0.6) is 0 Å². The maximum atomic E-state index is 12.9. The van der Waals surface area contributed by atoms with Crippen molar-refractivity contribution >= 4 is 5.91 Å². The molecule has 1 saturated heterocycles. The summed E-state index contributed by atoms with van der Waals surface area (Å²) >= 11 is 0. The summed E-state index contributed by atoms with van der Waals surface area (Å²) in [5, 5.41) is 3.13. The second kappa shape index (κ2) is 7.68. The molecule has 4 heteroatoms. The van der Waals surface area contributed by atoms with Crippen molar-refractivity contribution in [2.75, 3.05) is 6.61 Å². The van der Waals surface area contributed by atoms with E-state index in [9.17, 15) is 4.79 Å². The molecular weight excluding hydrogens is 326 g/mol. The monoisotopic (exact) mass is 347 g/mol. The molecule has 0 saturated carbocycles. The molecule has 0 aromatic heterocycles. The van der Waals surface area contributed by atoms with Gasteiger partial charge in [-0.25, -0.2) is 0 Å². The number of carbonyl (C=O) groups excluding carboxylic acids is 1. The van der Waals surface area contributed by atoms with Gasteiger partial charge < -0.3 is 14.8 Å². The van der Waals surface area contributed by atoms with E-state index in [1.165, 1.54) is 0 Å². The summed E-state index contributed by atoms with van der Waals surface area (Å²) in [6, 6.07) is 19.7. The molecule has 1 amide bonds. The Hall–Kier alpha value is -2.69. The molecule has 1 heterocycles. The molecule has 2 aliphatic rings. The Balaban J connectivity index is 1.51. The Morgan fingerprint density at radius 1 is 0.885 bits per heavy atom. The zero-order valence-corrected chi connectivity index (χ0v) is 14.3. The Morgan fingerprint density at radius 3 is 2.08 bits per heavy atom. The van der Waals surface area contributed by atoms with Crippen molar-refractivity contribution < 1.29 is 14.3 Å². The quantitative estimate of drug-likeness (QED) is 0.924. The first kappa shape index (κ1) is 16.8. The third kappa shape index (κ3) is 3.62. The molecule has 2 aromatic rings. The Morgan fingerprint density at radius 2 is 1.46 bits per heavy atom. The van der Waals surface area contributed by atoms with Gasteiger partial charge in [-0.3, -0.25) is 4.79 Å². The number of hydrogen-bond donors (Lipinski definition) is 1. The largest absolute Gasteiger partial charge is 0.368 e. The van der Waals surface area contributed by atoms with Gasteiger partial charge in [0.2, 0.25) is 0 Å². The van der Waals surface area contributed by atoms with Crippen LogP contribution < -0.4 is 5.32 Å². The van der Waals surface area contributed by atoms with Crippen molar-refractivity contribution in [3.8, 4) is 0 Å². The van der Waals surface area contributed by atoms with Crippen molar-refractivity contribution in [2.24, 2.45) is 0 Å². The third-order valence-corrected chi connectivity index (χ3v) is 4.64. The summed E-state index contributed by atoms with van der Waals surface area (Å²) in [4.78, 5) is 12.9. The van der Waals surface area contributed by atoms with Crippen LogP contribution in [0.15, 0.2) is 85.0 Å². The molecule has 3 atom stereocenters. The van der Waals surface area contributed by atoms with E-state index >= 15 is 0 Å². The van der Waals surface area contributed by atoms with Gasteiger partial charge in [-0.2, -0.15) is 0 Å². The summed E-state index contributed by atoms with van der Waals surface area (Å²) in [6.45, 7) is 0.251. The number of rotatable bonds is 4. The minimum atomic E-state index is -0.623. The fourth-order valence-corrected chi connectivity index (χ4v) is 3.29. The van der Waals surface area contributed by atoms with Gasteiger partial charge in [0.1, 0.15) is 12.2 Å². The first-order chi connectivity index (χ1) is 12.8. The molecule has 4 nitrogen and oxygen atoms in total. The molecule has 132 valence electrons. The van der Waals surface area contributed by atoms with Gasteiger partial charge in [-0.15, -0.1) is 0 Å². The van der Waals surface area contributed by atoms with Gasteiger partial charge in [-0.05, 0) is 11.1 Å². The van der Waals surface area contributed by atoms with Crippen molar-refractivity contribution in [3.05, 3.63) is 96.1 Å². The molecule has 0 bridgehead atoms. The van der Waals surface area contributed by atoms with Gasteiger partial charge in [0.15, 0.2) is 6.10 Å². The zero-order valence-electron chi connectivity index (χ0n) is 14.3. The summed E-state index contributed by atoms with van der Waals surface area (Å²) in [5.41, 5.74) is 2.06. The van der Waals surface area contributed by atoms with E-state index in [4.69, 9.17) is 9.47 Å². The summed E-state index contributed by atoms with van der Waals surface area (Å²) < 4.78 is 11.7. The molecule has 1 aliphatic carbocycles. The molecule has 26 heavy (non-hydrogen) atoms. The SMILES string of the molecule is O=C(NC(c1ccccc1)c1ccccc1)[C@@H]1CO[C@H]2C=CC=C[C@@H]2O1. The van der Waals surface area contributed by atoms with Crippen LogP contribution in [0, 0.1) is 0 Å². The lowest BCUT2D eigenvalue weighted by atomic mass is 9.98. The second-order valence-electron chi connectivity index (χ2n) is 6.42. The zero-order chi connectivity index (χ0) is 17.8. The lowest BCUT2D eigenvalue weighted by molar-refractivity contribution is -0.168. The van der Waals surface area contributed by atoms with Crippen LogP contribution in [-0.2, 0) is 14.3 Å². The number of hydrogen-bond acceptors (Lipinski definition) is 3. The number of fused-ring (bicyclic) bond motifs is 1. The minimum absolute atomic E-state index is 0.108. The molecule has 0 unspecified atom stereocenters. The van der Waals surface area contributed by atoms with Crippen molar-refractivity contribution in [1.82, 2.24) is 5.32 Å². The maximum absolute atomic E-state index is 12.9. The van der Waals surface area contributed by atoms with E-state index in [2.05, 4.69) is 5.32 Å². The molecule has 1 N–H and O–H groups in total. The number of benzene rings is 2. The van der Waals surface area contributed by atoms with E-state index in [0.717, 1.165) is 11.1 Å². The molecule has 1 fully saturated rings. The van der Waals surface area contributed by atoms with E-state index < -0.39 is 6.10 Å². The van der Waals surface area contributed by atoms with Crippen LogP contribution in [0.25, 0.3) is 0 Å². The Kier molecular flexibility index (Phi) is 4.95. The number of nitrogens with one attached hydrogen (secondary N) is 1. The molecule has 1 aliphatic heterocycles. The van der Waals surface area contributed by atoms with Gasteiger partial charge in [0.05, 0.1) is 12.6 Å². The smallest absolute Gasteiger partial charge is 0.252 e. The highest BCUT2D eigenvalue weighted by atomic mass is 16.6. The van der Waals surface area contributed by atoms with E-state index in [1.54, 1.807) is 0 Å². The predicted molar refractivity (Wildman–Crippen MR) is 99.6 cm³/mol. The topological polar surface area (TPSA) is 47.6 Å². The highest BCUT2D eigenvalue weighted by Crippen LogP contribution is 2.24. The minimum Gasteiger partial charge on any atom is -0.368 e. The Bertz CT molecular complexity index is 761. The van der Waals surface area contributed by atoms with Crippen LogP contribution >= 0.6 is 0 Å². The Labute approximate surface area is 153 Å². The number of carbonyl (C=O) groups is 1. The summed E-state index contributed by atoms with van der Waals surface area (Å²) in [5.74, 6) is -0.163. The average Bonchev–Trinajstić information content (AvgIpc) is 2.72. The van der Waals surface area contributed by atoms with Crippen LogP contribution in [0.3, 0.4) is 0 Å². The number of ether oxygens (including phenoxy) is 2. The molecule has 2 aromatic carbocycles. The standard InChI is InChI=1S/C22H21NO3/c24-22(20-15-25-18-13-7-8-14-19(18)26-20)23-21(16-9-3-1-4-10-16)17-11-5-2-6-12-17/h1-14,18-21H,15H2,(H,23,24)/t18-,19-,20-/m0/s1. The summed E-state index contributed by atoms with van der Waals surface area (Å²) in [6.07, 6.45) is 6.79. The van der Waals surface area contributed by atoms with Crippen LogP contribution in [0.2, 0.25) is 0 Å². The van der Waals surface area contributed by atoms with Crippen LogP contribution in [0.4, 0.5) is 0 Å².